The summed E-state index contributed by atoms with van der Waals surface area (Å²) in [7, 11) is 0. The molecule has 0 atom stereocenters. The molecule has 172 valence electrons. The molecule has 33 heavy (non-hydrogen) atoms. The van der Waals surface area contributed by atoms with Gasteiger partial charge in [0.2, 0.25) is 0 Å². The highest BCUT2D eigenvalue weighted by atomic mass is 16.5. The zero-order valence-electron chi connectivity index (χ0n) is 18.6. The number of anilines is 2. The summed E-state index contributed by atoms with van der Waals surface area (Å²) in [5, 5.41) is -0.00668. The molecule has 8 heteroatoms. The van der Waals surface area contributed by atoms with Crippen molar-refractivity contribution in [2.45, 2.75) is 45.6 Å². The minimum atomic E-state index is -0.607. The van der Waals surface area contributed by atoms with Crippen LogP contribution in [-0.2, 0) is 11.3 Å². The van der Waals surface area contributed by atoms with Crippen molar-refractivity contribution in [2.75, 3.05) is 24.7 Å². The Morgan fingerprint density at radius 2 is 1.24 bits per heavy atom. The number of nitrogens with two attached hydrogens (primary N) is 2. The van der Waals surface area contributed by atoms with Crippen LogP contribution in [0.1, 0.15) is 39.0 Å². The van der Waals surface area contributed by atoms with E-state index < -0.39 is 22.0 Å². The first-order valence-corrected chi connectivity index (χ1v) is 11.3. The van der Waals surface area contributed by atoms with Crippen molar-refractivity contribution in [1.29, 1.82) is 0 Å². The van der Waals surface area contributed by atoms with Crippen molar-refractivity contribution in [3.05, 3.63) is 65.4 Å². The maximum atomic E-state index is 13.1. The summed E-state index contributed by atoms with van der Waals surface area (Å²) >= 11 is 0. The van der Waals surface area contributed by atoms with Crippen LogP contribution in [0, 0.1) is 0 Å². The van der Waals surface area contributed by atoms with Gasteiger partial charge in [-0.3, -0.25) is 23.7 Å². The number of benzene rings is 3. The van der Waals surface area contributed by atoms with E-state index in [0.717, 1.165) is 23.8 Å². The molecule has 8 nitrogen and oxygen atoms in total. The number of fused-ring (bicyclic) bond motifs is 3. The van der Waals surface area contributed by atoms with Crippen molar-refractivity contribution < 1.29 is 4.74 Å². The Balaban J connectivity index is 1.77. The van der Waals surface area contributed by atoms with E-state index in [1.165, 1.54) is 18.6 Å². The lowest BCUT2D eigenvalue weighted by molar-refractivity contribution is 0.124. The van der Waals surface area contributed by atoms with E-state index in [-0.39, 0.29) is 50.2 Å². The first-order valence-electron chi connectivity index (χ1n) is 11.3. The van der Waals surface area contributed by atoms with Gasteiger partial charge < -0.3 is 16.2 Å². The van der Waals surface area contributed by atoms with Crippen LogP contribution in [0.3, 0.4) is 0 Å². The lowest BCUT2D eigenvalue weighted by Crippen LogP contribution is -2.26. The minimum absolute atomic E-state index is 0.0998. The molecule has 4 N–H and O–H groups in total. The fraction of sp³-hybridized carbons (Fsp3) is 0.360. The molecule has 1 aromatic heterocycles. The SMILES string of the molecule is CCCCCCOCCCn1c(=O)c2c(N)c3c(=O)c4ccccc4c(=O)c3c(N)c2c1=O. The van der Waals surface area contributed by atoms with Crippen molar-refractivity contribution in [2.24, 2.45) is 0 Å². The van der Waals surface area contributed by atoms with Gasteiger partial charge in [-0.05, 0) is 12.8 Å². The first kappa shape index (κ1) is 22.7. The van der Waals surface area contributed by atoms with Crippen molar-refractivity contribution in [1.82, 2.24) is 4.57 Å². The standard InChI is InChI=1S/C25H27N3O5/c1-2-3-4-7-12-33-13-8-11-28-24(31)18-19(25(28)32)21(27)17-16(20(18)26)22(29)14-9-5-6-10-15(14)23(17)30/h5-6,9-10H,2-4,7-8,11-13,26-27H2,1H3. The van der Waals surface area contributed by atoms with E-state index in [1.807, 2.05) is 0 Å². The van der Waals surface area contributed by atoms with Gasteiger partial charge in [-0.15, -0.1) is 0 Å². The summed E-state index contributed by atoms with van der Waals surface area (Å²) in [5.74, 6) is 0. The van der Waals surface area contributed by atoms with Gasteiger partial charge >= 0.3 is 0 Å². The largest absolute Gasteiger partial charge is 0.397 e. The van der Waals surface area contributed by atoms with Crippen LogP contribution < -0.4 is 33.4 Å². The van der Waals surface area contributed by atoms with Crippen molar-refractivity contribution in [3.63, 3.8) is 0 Å². The molecule has 3 aromatic carbocycles. The Labute approximate surface area is 189 Å². The second kappa shape index (κ2) is 9.15. The highest BCUT2D eigenvalue weighted by molar-refractivity contribution is 6.20. The van der Waals surface area contributed by atoms with E-state index >= 15 is 0 Å². The van der Waals surface area contributed by atoms with Gasteiger partial charge in [0.1, 0.15) is 0 Å². The maximum absolute atomic E-state index is 13.1. The number of rotatable bonds is 9. The number of ether oxygens (including phenoxy) is 1. The van der Waals surface area contributed by atoms with Crippen LogP contribution >= 0.6 is 0 Å². The van der Waals surface area contributed by atoms with Crippen LogP contribution in [0.4, 0.5) is 11.4 Å². The van der Waals surface area contributed by atoms with Crippen LogP contribution in [0.25, 0.3) is 32.3 Å². The Bertz CT molecular complexity index is 1460. The molecular formula is C25H27N3O5. The molecule has 0 fully saturated rings. The van der Waals surface area contributed by atoms with E-state index in [4.69, 9.17) is 16.2 Å². The monoisotopic (exact) mass is 449 g/mol. The highest BCUT2D eigenvalue weighted by Gasteiger charge is 2.25. The Hall–Kier alpha value is -3.52. The Morgan fingerprint density at radius 3 is 1.76 bits per heavy atom. The first-order chi connectivity index (χ1) is 15.9. The van der Waals surface area contributed by atoms with Crippen LogP contribution in [0.5, 0.6) is 0 Å². The van der Waals surface area contributed by atoms with Crippen LogP contribution in [0.15, 0.2) is 43.4 Å². The molecular weight excluding hydrogens is 422 g/mol. The molecule has 1 heterocycles. The minimum Gasteiger partial charge on any atom is -0.397 e. The molecule has 0 radical (unpaired) electrons. The average molecular weight is 450 g/mol. The highest BCUT2D eigenvalue weighted by Crippen LogP contribution is 2.31. The number of nitrogens with zero attached hydrogens (tertiary/aromatic N) is 1. The number of aromatic nitrogens is 1. The van der Waals surface area contributed by atoms with Gasteiger partial charge in [0.25, 0.3) is 11.1 Å². The van der Waals surface area contributed by atoms with E-state index in [9.17, 15) is 19.2 Å². The summed E-state index contributed by atoms with van der Waals surface area (Å²) in [6.45, 7) is 3.32. The third-order valence-electron chi connectivity index (χ3n) is 6.18. The van der Waals surface area contributed by atoms with Crippen LogP contribution in [0.2, 0.25) is 0 Å². The van der Waals surface area contributed by atoms with Gasteiger partial charge in [0.15, 0.2) is 10.9 Å². The Morgan fingerprint density at radius 1 is 0.727 bits per heavy atom. The fourth-order valence-corrected chi connectivity index (χ4v) is 4.48. The molecule has 0 saturated heterocycles. The van der Waals surface area contributed by atoms with E-state index in [0.29, 0.717) is 19.6 Å². The number of hydrogen-bond donors (Lipinski definition) is 2. The van der Waals surface area contributed by atoms with Crippen molar-refractivity contribution >= 4 is 43.7 Å². The number of unbranched alkanes of at least 4 members (excludes halogenated alkanes) is 3. The second-order valence-electron chi connectivity index (χ2n) is 8.32. The summed E-state index contributed by atoms with van der Waals surface area (Å²) in [6.07, 6.45) is 4.87. The molecule has 0 saturated carbocycles. The van der Waals surface area contributed by atoms with Crippen LogP contribution in [-0.4, -0.2) is 17.8 Å². The Kier molecular flexibility index (Phi) is 6.29. The summed E-state index contributed by atoms with van der Waals surface area (Å²) in [5.41, 5.74) is 9.94. The second-order valence-corrected chi connectivity index (χ2v) is 8.32. The van der Waals surface area contributed by atoms with Gasteiger partial charge in [-0.25, -0.2) is 0 Å². The molecule has 4 aromatic rings. The van der Waals surface area contributed by atoms with Crippen molar-refractivity contribution in [3.8, 4) is 0 Å². The fourth-order valence-electron chi connectivity index (χ4n) is 4.48. The molecule has 0 aliphatic carbocycles. The van der Waals surface area contributed by atoms with E-state index in [2.05, 4.69) is 6.92 Å². The summed E-state index contributed by atoms with van der Waals surface area (Å²) in [6, 6.07) is 6.35. The smallest absolute Gasteiger partial charge is 0.263 e. The predicted molar refractivity (Wildman–Crippen MR) is 133 cm³/mol. The van der Waals surface area contributed by atoms with E-state index in [1.54, 1.807) is 12.1 Å². The normalized spacial score (nSPS) is 11.8. The lowest BCUT2D eigenvalue weighted by atomic mass is 9.97. The van der Waals surface area contributed by atoms with Gasteiger partial charge in [0.05, 0.1) is 32.9 Å². The number of nitrogen functional groups attached to an aromatic ring is 2. The summed E-state index contributed by atoms with van der Waals surface area (Å²) in [4.78, 5) is 52.4. The molecule has 0 unspecified atom stereocenters. The topological polar surface area (TPSA) is 134 Å². The van der Waals surface area contributed by atoms with Gasteiger partial charge in [-0.1, -0.05) is 50.5 Å². The summed E-state index contributed by atoms with van der Waals surface area (Å²) < 4.78 is 6.65. The quantitative estimate of drug-likeness (QED) is 0.173. The molecule has 0 amide bonds. The maximum Gasteiger partial charge on any atom is 0.263 e. The average Bonchev–Trinajstić information content (AvgIpc) is 3.06. The predicted octanol–water partition coefficient (Wildman–Crippen LogP) is 2.42. The zero-order chi connectivity index (χ0) is 23.7. The molecule has 4 rings (SSSR count). The zero-order valence-corrected chi connectivity index (χ0v) is 18.6. The molecule has 0 aliphatic rings. The third kappa shape index (κ3) is 3.70. The molecule has 0 bridgehead atoms. The molecule has 0 spiro atoms. The lowest BCUT2D eigenvalue weighted by Gasteiger charge is -2.07. The van der Waals surface area contributed by atoms with Gasteiger partial charge in [0, 0.05) is 30.5 Å². The third-order valence-corrected chi connectivity index (χ3v) is 6.18. The number of hydrogen-bond acceptors (Lipinski definition) is 7. The molecule has 0 aliphatic heterocycles. The van der Waals surface area contributed by atoms with Gasteiger partial charge in [-0.2, -0.15) is 0 Å².